The maximum Gasteiger partial charge on any atom is 0.292 e. The van der Waals surface area contributed by atoms with Crippen LogP contribution in [0.25, 0.3) is 22.3 Å². The maximum absolute atomic E-state index is 11.6. The smallest absolute Gasteiger partial charge is 0.292 e. The number of nitro benzene ring substituents is 2. The molecular formula is C34H42N6O8. The fourth-order valence-electron chi connectivity index (χ4n) is 6.70. The minimum atomic E-state index is -0.393. The van der Waals surface area contributed by atoms with Crippen molar-refractivity contribution in [3.63, 3.8) is 0 Å². The summed E-state index contributed by atoms with van der Waals surface area (Å²) < 4.78 is 16.0. The highest BCUT2D eigenvalue weighted by Crippen LogP contribution is 2.37. The third-order valence-electron chi connectivity index (χ3n) is 8.94. The van der Waals surface area contributed by atoms with Crippen LogP contribution in [0, 0.1) is 47.9 Å². The van der Waals surface area contributed by atoms with Gasteiger partial charge in [-0.2, -0.15) is 0 Å². The molecule has 14 nitrogen and oxygen atoms in total. The minimum Gasteiger partial charge on any atom is -0.393 e. The summed E-state index contributed by atoms with van der Waals surface area (Å²) >= 11 is 0. The van der Waals surface area contributed by atoms with Gasteiger partial charge in [0.1, 0.15) is 22.9 Å². The van der Waals surface area contributed by atoms with Crippen LogP contribution in [0.2, 0.25) is 0 Å². The van der Waals surface area contributed by atoms with Crippen molar-refractivity contribution in [3.8, 4) is 22.3 Å². The van der Waals surface area contributed by atoms with Crippen LogP contribution in [-0.2, 0) is 4.74 Å². The van der Waals surface area contributed by atoms with Gasteiger partial charge in [0.2, 0.25) is 0 Å². The number of hydrogen-bond donors (Lipinski definition) is 3. The highest BCUT2D eigenvalue weighted by atomic mass is 16.6. The van der Waals surface area contributed by atoms with Crippen LogP contribution >= 0.6 is 0 Å². The molecule has 0 unspecified atom stereocenters. The predicted molar refractivity (Wildman–Crippen MR) is 180 cm³/mol. The molecule has 2 aliphatic carbocycles. The fraction of sp³-hybridized carbons (Fsp3) is 0.471. The van der Waals surface area contributed by atoms with Gasteiger partial charge in [0.05, 0.1) is 33.4 Å². The van der Waals surface area contributed by atoms with Gasteiger partial charge < -0.3 is 29.5 Å². The number of nitrogens with zero attached hydrogens (tertiary/aromatic N) is 4. The quantitative estimate of drug-likeness (QED) is 0.113. The van der Waals surface area contributed by atoms with E-state index in [1.807, 2.05) is 32.9 Å². The molecule has 4 atom stereocenters. The lowest BCUT2D eigenvalue weighted by Crippen LogP contribution is -2.18. The first-order chi connectivity index (χ1) is 22.9. The van der Waals surface area contributed by atoms with E-state index >= 15 is 0 Å². The minimum absolute atomic E-state index is 0.0175. The Morgan fingerprint density at radius 3 is 1.67 bits per heavy atom. The van der Waals surface area contributed by atoms with Crippen molar-refractivity contribution < 1.29 is 28.7 Å². The second-order valence-electron chi connectivity index (χ2n) is 12.4. The summed E-state index contributed by atoms with van der Waals surface area (Å²) in [7, 11) is 0. The van der Waals surface area contributed by atoms with Gasteiger partial charge in [-0.1, -0.05) is 22.4 Å². The average Bonchev–Trinajstić information content (AvgIpc) is 3.83. The second-order valence-corrected chi connectivity index (χ2v) is 12.4. The molecule has 4 aromatic rings. The van der Waals surface area contributed by atoms with Crippen LogP contribution < -0.4 is 10.6 Å². The topological polar surface area (TPSA) is 192 Å². The average molecular weight is 663 g/mol. The van der Waals surface area contributed by atoms with Crippen LogP contribution in [0.1, 0.15) is 68.4 Å². The Labute approximate surface area is 278 Å². The van der Waals surface area contributed by atoms with E-state index in [4.69, 9.17) is 13.8 Å². The van der Waals surface area contributed by atoms with Crippen LogP contribution in [0.3, 0.4) is 0 Å². The molecule has 0 bridgehead atoms. The van der Waals surface area contributed by atoms with E-state index in [1.165, 1.54) is 0 Å². The van der Waals surface area contributed by atoms with E-state index in [-0.39, 0.29) is 40.6 Å². The molecule has 0 amide bonds. The number of benzene rings is 2. The molecule has 14 heteroatoms. The summed E-state index contributed by atoms with van der Waals surface area (Å²) in [6, 6.07) is 10.6. The zero-order chi connectivity index (χ0) is 34.5. The number of anilines is 2. The molecule has 0 saturated heterocycles. The van der Waals surface area contributed by atoms with Crippen LogP contribution in [0.4, 0.5) is 22.7 Å². The standard InChI is InChI=1S/C18H23N3O4.C16H19N3O4/c1-4-24-15-7-6-14(10-15)19-16-8-5-13(9-17(16)21(22)23)18-11(2)20-25-12(18)3;1-9-16(10(2)23-18-9)11-3-6-14(15(7-11)19(21)22)17-12-4-5-13(20)8-12/h5,8-9,14-15,19H,4,6-7,10H2,1-3H3;3,6-7,12-13,17,20H,4-5,8H2,1-2H3/t14-,15-;12-,13-/m11/s1. The van der Waals surface area contributed by atoms with E-state index in [0.29, 0.717) is 47.2 Å². The number of aryl methyl sites for hydroxylation is 4. The van der Waals surface area contributed by atoms with Gasteiger partial charge in [-0.3, -0.25) is 20.2 Å². The number of aliphatic hydroxyl groups excluding tert-OH is 1. The molecular weight excluding hydrogens is 620 g/mol. The predicted octanol–water partition coefficient (Wildman–Crippen LogP) is 7.43. The molecule has 2 heterocycles. The largest absolute Gasteiger partial charge is 0.393 e. The lowest BCUT2D eigenvalue weighted by molar-refractivity contribution is -0.384. The molecule has 2 aromatic carbocycles. The summed E-state index contributed by atoms with van der Waals surface area (Å²) in [6.45, 7) is 9.91. The fourth-order valence-corrected chi connectivity index (χ4v) is 6.70. The lowest BCUT2D eigenvalue weighted by atomic mass is 10.0. The Morgan fingerprint density at radius 1 is 0.792 bits per heavy atom. The van der Waals surface area contributed by atoms with Gasteiger partial charge in [-0.15, -0.1) is 0 Å². The first-order valence-electron chi connectivity index (χ1n) is 16.2. The SMILES string of the molecule is CCO[C@@H]1CC[C@@H](Nc2ccc(-c3c(C)noc3C)cc2[N+](=O)[O-])C1.Cc1noc(C)c1-c1ccc(N[C@@H]2CC[C@@H](O)C2)c([N+](=O)[O-])c1. The van der Waals surface area contributed by atoms with Gasteiger partial charge >= 0.3 is 0 Å². The second kappa shape index (κ2) is 14.9. The van der Waals surface area contributed by atoms with E-state index in [1.54, 1.807) is 38.1 Å². The van der Waals surface area contributed by atoms with Crippen molar-refractivity contribution in [2.75, 3.05) is 17.2 Å². The molecule has 48 heavy (non-hydrogen) atoms. The number of hydrogen-bond acceptors (Lipinski definition) is 12. The Morgan fingerprint density at radius 2 is 1.27 bits per heavy atom. The molecule has 2 fully saturated rings. The molecule has 6 rings (SSSR count). The highest BCUT2D eigenvalue weighted by molar-refractivity contribution is 5.76. The van der Waals surface area contributed by atoms with Gasteiger partial charge in [-0.05, 0) is 96.4 Å². The number of nitrogens with one attached hydrogen (secondary N) is 2. The number of aromatic nitrogens is 2. The molecule has 256 valence electrons. The Balaban J connectivity index is 0.000000188. The Hall–Kier alpha value is -4.82. The van der Waals surface area contributed by atoms with Crippen molar-refractivity contribution >= 4 is 22.7 Å². The van der Waals surface area contributed by atoms with E-state index in [9.17, 15) is 25.3 Å². The molecule has 2 saturated carbocycles. The third kappa shape index (κ3) is 7.82. The summed E-state index contributed by atoms with van der Waals surface area (Å²) in [5, 5.41) is 46.9. The lowest BCUT2D eigenvalue weighted by Gasteiger charge is -2.15. The van der Waals surface area contributed by atoms with Crippen LogP contribution in [0.15, 0.2) is 45.4 Å². The van der Waals surface area contributed by atoms with Crippen molar-refractivity contribution in [1.29, 1.82) is 0 Å². The molecule has 2 aromatic heterocycles. The molecule has 2 aliphatic rings. The summed E-state index contributed by atoms with van der Waals surface area (Å²) in [4.78, 5) is 22.2. The van der Waals surface area contributed by atoms with Crippen LogP contribution in [0.5, 0.6) is 0 Å². The Bertz CT molecular complexity index is 1730. The highest BCUT2D eigenvalue weighted by Gasteiger charge is 2.28. The van der Waals surface area contributed by atoms with E-state index in [2.05, 4.69) is 20.9 Å². The molecule has 0 aliphatic heterocycles. The van der Waals surface area contributed by atoms with Crippen molar-refractivity contribution in [3.05, 3.63) is 79.5 Å². The Kier molecular flexibility index (Phi) is 10.7. The summed E-state index contributed by atoms with van der Waals surface area (Å²) in [5.41, 5.74) is 5.59. The number of rotatable bonds is 10. The number of nitro groups is 2. The van der Waals surface area contributed by atoms with Crippen LogP contribution in [-0.4, -0.2) is 56.2 Å². The molecule has 0 spiro atoms. The third-order valence-corrected chi connectivity index (χ3v) is 8.94. The maximum atomic E-state index is 11.6. The van der Waals surface area contributed by atoms with Gasteiger partial charge in [0, 0.05) is 42.0 Å². The van der Waals surface area contributed by atoms with Crippen molar-refractivity contribution in [2.24, 2.45) is 0 Å². The summed E-state index contributed by atoms with van der Waals surface area (Å²) in [6.07, 6.45) is 4.87. The number of ether oxygens (including phenoxy) is 1. The van der Waals surface area contributed by atoms with Gasteiger partial charge in [0.15, 0.2) is 0 Å². The van der Waals surface area contributed by atoms with Crippen molar-refractivity contribution in [2.45, 2.75) is 97.4 Å². The zero-order valence-electron chi connectivity index (χ0n) is 27.8. The van der Waals surface area contributed by atoms with E-state index in [0.717, 1.165) is 54.5 Å². The summed E-state index contributed by atoms with van der Waals surface area (Å²) in [5.74, 6) is 1.29. The van der Waals surface area contributed by atoms with Gasteiger partial charge in [-0.25, -0.2) is 0 Å². The first kappa shape index (κ1) is 34.5. The number of aliphatic hydroxyl groups is 1. The normalized spacial score (nSPS) is 20.3. The first-order valence-corrected chi connectivity index (χ1v) is 16.2. The zero-order valence-corrected chi connectivity index (χ0v) is 27.8. The van der Waals surface area contributed by atoms with Gasteiger partial charge in [0.25, 0.3) is 11.4 Å². The molecule has 3 N–H and O–H groups in total. The van der Waals surface area contributed by atoms with Crippen molar-refractivity contribution in [1.82, 2.24) is 10.3 Å². The monoisotopic (exact) mass is 662 g/mol. The van der Waals surface area contributed by atoms with E-state index < -0.39 is 4.92 Å². The molecule has 0 radical (unpaired) electrons.